The van der Waals surface area contributed by atoms with Gasteiger partial charge in [0.05, 0.1) is 18.0 Å². The van der Waals surface area contributed by atoms with Gasteiger partial charge in [-0.15, -0.1) is 0 Å². The van der Waals surface area contributed by atoms with E-state index in [-0.39, 0.29) is 12.2 Å². The fraction of sp³-hybridized carbons (Fsp3) is 0.421. The molecule has 0 saturated heterocycles. The largest absolute Gasteiger partial charge is 0.480 e. The molecule has 1 aromatic heterocycles. The Morgan fingerprint density at radius 3 is 2.59 bits per heavy atom. The molecule has 2 aromatic rings. The van der Waals surface area contributed by atoms with E-state index in [1.54, 1.807) is 12.1 Å². The zero-order chi connectivity index (χ0) is 19.4. The Morgan fingerprint density at radius 1 is 1.30 bits per heavy atom. The van der Waals surface area contributed by atoms with Gasteiger partial charge in [0.25, 0.3) is 5.69 Å². The maximum absolute atomic E-state index is 10.9. The molecule has 8 heteroatoms. The summed E-state index contributed by atoms with van der Waals surface area (Å²) < 4.78 is 5.82. The number of nitro benzene ring substituents is 1. The van der Waals surface area contributed by atoms with Crippen molar-refractivity contribution in [2.75, 3.05) is 13.1 Å². The Balaban J connectivity index is 1.48. The fourth-order valence-corrected chi connectivity index (χ4v) is 3.35. The molecule has 27 heavy (non-hydrogen) atoms. The minimum atomic E-state index is -0.789. The van der Waals surface area contributed by atoms with E-state index in [1.165, 1.54) is 12.1 Å². The summed E-state index contributed by atoms with van der Waals surface area (Å²) in [4.78, 5) is 23.1. The molecule has 0 unspecified atom stereocenters. The first-order chi connectivity index (χ1) is 13.0. The number of hydrogen-bond acceptors (Lipinski definition) is 6. The van der Waals surface area contributed by atoms with Crippen LogP contribution in [0.1, 0.15) is 25.5 Å². The smallest absolute Gasteiger partial charge is 0.317 e. The number of nitrogens with zero attached hydrogens (tertiary/aromatic N) is 2. The molecular formula is C19H23N3O5. The van der Waals surface area contributed by atoms with Crippen molar-refractivity contribution in [2.24, 2.45) is 0 Å². The van der Waals surface area contributed by atoms with E-state index in [4.69, 9.17) is 9.52 Å². The van der Waals surface area contributed by atoms with Gasteiger partial charge in [0, 0.05) is 29.8 Å². The van der Waals surface area contributed by atoms with E-state index < -0.39 is 10.9 Å². The van der Waals surface area contributed by atoms with Gasteiger partial charge in [-0.2, -0.15) is 0 Å². The molecule has 0 spiro atoms. The van der Waals surface area contributed by atoms with Gasteiger partial charge in [0.15, 0.2) is 0 Å². The highest BCUT2D eigenvalue weighted by atomic mass is 16.6. The summed E-state index contributed by atoms with van der Waals surface area (Å²) in [5, 5.41) is 23.1. The van der Waals surface area contributed by atoms with E-state index >= 15 is 0 Å². The van der Waals surface area contributed by atoms with Crippen LogP contribution >= 0.6 is 0 Å². The van der Waals surface area contributed by atoms with Crippen molar-refractivity contribution in [1.82, 2.24) is 10.2 Å². The Kier molecular flexibility index (Phi) is 5.88. The number of carbonyl (C=O) groups is 1. The molecule has 0 bridgehead atoms. The summed E-state index contributed by atoms with van der Waals surface area (Å²) in [5.74, 6) is 0.680. The quantitative estimate of drug-likeness (QED) is 0.514. The van der Waals surface area contributed by atoms with Crippen LogP contribution < -0.4 is 5.32 Å². The third-order valence-electron chi connectivity index (χ3n) is 4.96. The van der Waals surface area contributed by atoms with E-state index in [2.05, 4.69) is 5.32 Å². The zero-order valence-corrected chi connectivity index (χ0v) is 15.1. The monoisotopic (exact) mass is 373 g/mol. The van der Waals surface area contributed by atoms with E-state index in [9.17, 15) is 14.9 Å². The molecule has 1 fully saturated rings. The molecule has 1 aliphatic rings. The van der Waals surface area contributed by atoms with Crippen molar-refractivity contribution in [3.8, 4) is 11.3 Å². The minimum Gasteiger partial charge on any atom is -0.480 e. The highest BCUT2D eigenvalue weighted by Crippen LogP contribution is 2.27. The molecule has 1 heterocycles. The maximum Gasteiger partial charge on any atom is 0.317 e. The van der Waals surface area contributed by atoms with Gasteiger partial charge < -0.3 is 14.8 Å². The predicted molar refractivity (Wildman–Crippen MR) is 99.3 cm³/mol. The van der Waals surface area contributed by atoms with E-state index in [1.807, 2.05) is 24.0 Å². The lowest BCUT2D eigenvalue weighted by atomic mass is 9.85. The fourth-order valence-electron chi connectivity index (χ4n) is 3.35. The molecule has 8 nitrogen and oxygen atoms in total. The van der Waals surface area contributed by atoms with Crippen molar-refractivity contribution in [1.29, 1.82) is 0 Å². The second-order valence-corrected chi connectivity index (χ2v) is 6.73. The number of carboxylic acid groups (broad SMARTS) is 1. The summed E-state index contributed by atoms with van der Waals surface area (Å²) in [6.45, 7) is 3.40. The summed E-state index contributed by atoms with van der Waals surface area (Å²) in [5.41, 5.74) is 0.846. The average molecular weight is 373 g/mol. The van der Waals surface area contributed by atoms with Crippen LogP contribution in [0.15, 0.2) is 40.8 Å². The lowest BCUT2D eigenvalue weighted by Gasteiger charge is -2.42. The molecule has 0 amide bonds. The lowest BCUT2D eigenvalue weighted by Crippen LogP contribution is -2.53. The van der Waals surface area contributed by atoms with Gasteiger partial charge in [-0.25, -0.2) is 0 Å². The van der Waals surface area contributed by atoms with Gasteiger partial charge in [-0.1, -0.05) is 6.92 Å². The molecule has 0 atom stereocenters. The van der Waals surface area contributed by atoms with Crippen LogP contribution in [0, 0.1) is 10.1 Å². The van der Waals surface area contributed by atoms with Crippen LogP contribution in [0.3, 0.4) is 0 Å². The number of nitrogens with one attached hydrogen (secondary N) is 1. The summed E-state index contributed by atoms with van der Waals surface area (Å²) in [6.07, 6.45) is 1.86. The lowest BCUT2D eigenvalue weighted by molar-refractivity contribution is -0.384. The number of nitro groups is 1. The van der Waals surface area contributed by atoms with Crippen LogP contribution in [0.2, 0.25) is 0 Å². The van der Waals surface area contributed by atoms with Gasteiger partial charge in [0.2, 0.25) is 0 Å². The Bertz CT molecular complexity index is 796. The highest BCUT2D eigenvalue weighted by Gasteiger charge is 2.33. The Morgan fingerprint density at radius 2 is 2.00 bits per heavy atom. The second kappa shape index (κ2) is 8.32. The molecule has 0 radical (unpaired) electrons. The van der Waals surface area contributed by atoms with E-state index in [0.29, 0.717) is 24.4 Å². The van der Waals surface area contributed by atoms with E-state index in [0.717, 1.165) is 30.7 Å². The standard InChI is InChI=1S/C19H23N3O5/c1-2-21(12-19(23)24)16-9-14(10-16)20-11-17-7-8-18(27-17)13-3-5-15(6-4-13)22(25)26/h3-8,14,16,20H,2,9-12H2,1H3,(H,23,24). The van der Waals surface area contributed by atoms with Crippen molar-refractivity contribution in [2.45, 2.75) is 38.4 Å². The van der Waals surface area contributed by atoms with Gasteiger partial charge in [0.1, 0.15) is 11.5 Å². The first kappa shape index (κ1) is 19.1. The van der Waals surface area contributed by atoms with Crippen molar-refractivity contribution >= 4 is 11.7 Å². The molecule has 1 aromatic carbocycles. The van der Waals surface area contributed by atoms with Crippen LogP contribution in [-0.2, 0) is 11.3 Å². The summed E-state index contributed by atoms with van der Waals surface area (Å²) >= 11 is 0. The minimum absolute atomic E-state index is 0.0516. The first-order valence-corrected chi connectivity index (χ1v) is 8.99. The van der Waals surface area contributed by atoms with Gasteiger partial charge in [-0.05, 0) is 43.7 Å². The third-order valence-corrected chi connectivity index (χ3v) is 4.96. The molecule has 1 aliphatic carbocycles. The molecule has 144 valence electrons. The Hall–Kier alpha value is -2.71. The number of hydrogen-bond donors (Lipinski definition) is 2. The average Bonchev–Trinajstić information content (AvgIpc) is 3.08. The number of rotatable bonds is 9. The van der Waals surface area contributed by atoms with Crippen LogP contribution in [0.4, 0.5) is 5.69 Å². The van der Waals surface area contributed by atoms with Crippen LogP contribution in [-0.4, -0.2) is 46.1 Å². The van der Waals surface area contributed by atoms with Crippen molar-refractivity contribution in [3.05, 3.63) is 52.3 Å². The van der Waals surface area contributed by atoms with Gasteiger partial charge in [-0.3, -0.25) is 19.8 Å². The zero-order valence-electron chi connectivity index (χ0n) is 15.1. The number of likely N-dealkylation sites (N-methyl/N-ethyl adjacent to an activating group) is 1. The predicted octanol–water partition coefficient (Wildman–Crippen LogP) is 2.88. The van der Waals surface area contributed by atoms with Crippen LogP contribution in [0.5, 0.6) is 0 Å². The number of carboxylic acids is 1. The number of non-ortho nitro benzene ring substituents is 1. The number of benzene rings is 1. The van der Waals surface area contributed by atoms with Gasteiger partial charge >= 0.3 is 5.97 Å². The first-order valence-electron chi connectivity index (χ1n) is 8.99. The summed E-state index contributed by atoms with van der Waals surface area (Å²) in [6, 6.07) is 10.7. The molecule has 3 rings (SSSR count). The topological polar surface area (TPSA) is 109 Å². The van der Waals surface area contributed by atoms with Crippen molar-refractivity contribution < 1.29 is 19.2 Å². The molecule has 0 aliphatic heterocycles. The molecule has 1 saturated carbocycles. The summed E-state index contributed by atoms with van der Waals surface area (Å²) in [7, 11) is 0. The Labute approximate surface area is 156 Å². The highest BCUT2D eigenvalue weighted by molar-refractivity contribution is 5.69. The number of furan rings is 1. The molecule has 2 N–H and O–H groups in total. The SMILES string of the molecule is CCN(CC(=O)O)C1CC(NCc2ccc(-c3ccc([N+](=O)[O-])cc3)o2)C1. The third kappa shape index (κ3) is 4.72. The number of aliphatic carboxylic acids is 1. The van der Waals surface area contributed by atoms with Crippen LogP contribution in [0.25, 0.3) is 11.3 Å². The normalized spacial score (nSPS) is 19.0. The van der Waals surface area contributed by atoms with Crippen molar-refractivity contribution in [3.63, 3.8) is 0 Å². The second-order valence-electron chi connectivity index (χ2n) is 6.73. The molecular weight excluding hydrogens is 350 g/mol. The maximum atomic E-state index is 10.9.